The summed E-state index contributed by atoms with van der Waals surface area (Å²) in [5.74, 6) is 0.386. The molecule has 3 aromatic rings. The lowest BCUT2D eigenvalue weighted by Gasteiger charge is -2.11. The van der Waals surface area contributed by atoms with Crippen molar-refractivity contribution in [2.75, 3.05) is 7.11 Å². The predicted molar refractivity (Wildman–Crippen MR) is 86.5 cm³/mol. The van der Waals surface area contributed by atoms with Gasteiger partial charge in [-0.15, -0.1) is 0 Å². The van der Waals surface area contributed by atoms with Crippen LogP contribution in [-0.2, 0) is 10.1 Å². The van der Waals surface area contributed by atoms with Crippen molar-refractivity contribution >= 4 is 21.1 Å². The van der Waals surface area contributed by atoms with Crippen molar-refractivity contribution in [1.29, 1.82) is 5.26 Å². The van der Waals surface area contributed by atoms with E-state index in [9.17, 15) is 13.7 Å². The first-order chi connectivity index (χ1) is 11.4. The fourth-order valence-corrected chi connectivity index (χ4v) is 3.29. The summed E-state index contributed by atoms with van der Waals surface area (Å²) < 4.78 is 40.7. The standard InChI is InChI=1S/C17H13NO5S/c1-11-3-4-15(21-2)16(7-11)23-24(19,20)14-8-12-5-6-22-17(12)13(9-14)10-18/h3-9H,1-2H3. The van der Waals surface area contributed by atoms with Crippen LogP contribution in [0.1, 0.15) is 11.1 Å². The van der Waals surface area contributed by atoms with Crippen LogP contribution in [0.5, 0.6) is 11.5 Å². The van der Waals surface area contributed by atoms with E-state index in [1.54, 1.807) is 24.3 Å². The van der Waals surface area contributed by atoms with E-state index in [1.165, 1.54) is 25.5 Å². The molecule has 0 saturated carbocycles. The smallest absolute Gasteiger partial charge is 0.339 e. The van der Waals surface area contributed by atoms with Crippen LogP contribution in [0.3, 0.4) is 0 Å². The van der Waals surface area contributed by atoms with E-state index in [2.05, 4.69) is 0 Å². The number of benzene rings is 2. The Hall–Kier alpha value is -2.98. The summed E-state index contributed by atoms with van der Waals surface area (Å²) in [7, 11) is -2.71. The van der Waals surface area contributed by atoms with Crippen LogP contribution in [0.15, 0.2) is 52.0 Å². The van der Waals surface area contributed by atoms with Gasteiger partial charge in [-0.1, -0.05) is 6.07 Å². The van der Waals surface area contributed by atoms with Gasteiger partial charge in [0, 0.05) is 5.39 Å². The molecule has 0 aliphatic carbocycles. The molecule has 24 heavy (non-hydrogen) atoms. The fourth-order valence-electron chi connectivity index (χ4n) is 2.30. The highest BCUT2D eigenvalue weighted by molar-refractivity contribution is 7.87. The van der Waals surface area contributed by atoms with Crippen LogP contribution in [0.4, 0.5) is 0 Å². The topological polar surface area (TPSA) is 89.5 Å². The van der Waals surface area contributed by atoms with Gasteiger partial charge in [-0.05, 0) is 42.8 Å². The summed E-state index contributed by atoms with van der Waals surface area (Å²) in [5, 5.41) is 9.69. The Morgan fingerprint density at radius 3 is 2.62 bits per heavy atom. The largest absolute Gasteiger partial charge is 0.493 e. The molecule has 3 rings (SSSR count). The molecular formula is C17H13NO5S. The number of methoxy groups -OCH3 is 1. The van der Waals surface area contributed by atoms with E-state index in [1.807, 2.05) is 13.0 Å². The van der Waals surface area contributed by atoms with Crippen LogP contribution in [0, 0.1) is 18.3 Å². The normalized spacial score (nSPS) is 11.2. The highest BCUT2D eigenvalue weighted by atomic mass is 32.2. The number of hydrogen-bond acceptors (Lipinski definition) is 6. The van der Waals surface area contributed by atoms with E-state index >= 15 is 0 Å². The molecule has 2 aromatic carbocycles. The van der Waals surface area contributed by atoms with Gasteiger partial charge in [0.15, 0.2) is 17.1 Å². The summed E-state index contributed by atoms with van der Waals surface area (Å²) in [4.78, 5) is -0.128. The molecule has 0 amide bonds. The number of rotatable bonds is 4. The van der Waals surface area contributed by atoms with Crippen LogP contribution < -0.4 is 8.92 Å². The van der Waals surface area contributed by atoms with Crippen LogP contribution in [-0.4, -0.2) is 15.5 Å². The Morgan fingerprint density at radius 1 is 1.12 bits per heavy atom. The minimum atomic E-state index is -4.14. The summed E-state index contributed by atoms with van der Waals surface area (Å²) >= 11 is 0. The average Bonchev–Trinajstić information content (AvgIpc) is 3.02. The molecule has 0 aliphatic rings. The molecular weight excluding hydrogens is 330 g/mol. The lowest BCUT2D eigenvalue weighted by Crippen LogP contribution is -2.11. The van der Waals surface area contributed by atoms with E-state index < -0.39 is 10.1 Å². The second-order valence-electron chi connectivity index (χ2n) is 5.11. The molecule has 0 N–H and O–H groups in total. The van der Waals surface area contributed by atoms with Gasteiger partial charge in [0.25, 0.3) is 0 Å². The van der Waals surface area contributed by atoms with Gasteiger partial charge in [0.2, 0.25) is 0 Å². The number of nitriles is 1. The van der Waals surface area contributed by atoms with Crippen molar-refractivity contribution in [3.63, 3.8) is 0 Å². The Morgan fingerprint density at radius 2 is 1.92 bits per heavy atom. The van der Waals surface area contributed by atoms with Gasteiger partial charge < -0.3 is 13.3 Å². The maximum absolute atomic E-state index is 12.6. The Balaban J connectivity index is 2.09. The molecule has 0 fully saturated rings. The zero-order valence-corrected chi connectivity index (χ0v) is 13.8. The molecule has 0 bridgehead atoms. The van der Waals surface area contributed by atoms with Gasteiger partial charge in [0.05, 0.1) is 18.9 Å². The first kappa shape index (κ1) is 15.9. The second kappa shape index (κ2) is 5.91. The summed E-state index contributed by atoms with van der Waals surface area (Å²) in [6.45, 7) is 1.81. The van der Waals surface area contributed by atoms with Crippen molar-refractivity contribution < 1.29 is 21.8 Å². The van der Waals surface area contributed by atoms with E-state index in [-0.39, 0.29) is 16.2 Å². The third-order valence-electron chi connectivity index (χ3n) is 3.45. The first-order valence-electron chi connectivity index (χ1n) is 6.95. The van der Waals surface area contributed by atoms with Crippen molar-refractivity contribution in [1.82, 2.24) is 0 Å². The molecule has 0 unspecified atom stereocenters. The van der Waals surface area contributed by atoms with Gasteiger partial charge >= 0.3 is 10.1 Å². The van der Waals surface area contributed by atoms with E-state index in [4.69, 9.17) is 13.3 Å². The second-order valence-corrected chi connectivity index (χ2v) is 6.66. The van der Waals surface area contributed by atoms with Gasteiger partial charge in [-0.3, -0.25) is 0 Å². The number of nitrogens with zero attached hydrogens (tertiary/aromatic N) is 1. The van der Waals surface area contributed by atoms with Crippen molar-refractivity contribution in [2.24, 2.45) is 0 Å². The van der Waals surface area contributed by atoms with E-state index in [0.29, 0.717) is 16.7 Å². The van der Waals surface area contributed by atoms with Gasteiger partial charge in [-0.25, -0.2) is 0 Å². The maximum atomic E-state index is 12.6. The monoisotopic (exact) mass is 343 g/mol. The van der Waals surface area contributed by atoms with Crippen LogP contribution >= 0.6 is 0 Å². The number of aryl methyl sites for hydroxylation is 1. The summed E-state index contributed by atoms with van der Waals surface area (Å²) in [6, 6.07) is 11.1. The fraction of sp³-hybridized carbons (Fsp3) is 0.118. The molecule has 122 valence electrons. The number of hydrogen-bond donors (Lipinski definition) is 0. The minimum absolute atomic E-state index is 0.0864. The molecule has 0 radical (unpaired) electrons. The third kappa shape index (κ3) is 2.79. The highest BCUT2D eigenvalue weighted by Gasteiger charge is 2.22. The maximum Gasteiger partial charge on any atom is 0.339 e. The lowest BCUT2D eigenvalue weighted by atomic mass is 10.2. The lowest BCUT2D eigenvalue weighted by molar-refractivity contribution is 0.390. The quantitative estimate of drug-likeness (QED) is 0.675. The zero-order chi connectivity index (χ0) is 17.3. The zero-order valence-electron chi connectivity index (χ0n) is 12.9. The third-order valence-corrected chi connectivity index (χ3v) is 4.66. The number of furan rings is 1. The molecule has 0 saturated heterocycles. The Bertz CT molecular complexity index is 1060. The molecule has 1 aromatic heterocycles. The Kier molecular flexibility index (Phi) is 3.91. The molecule has 7 heteroatoms. The first-order valence-corrected chi connectivity index (χ1v) is 8.36. The minimum Gasteiger partial charge on any atom is -0.493 e. The highest BCUT2D eigenvalue weighted by Crippen LogP contribution is 2.32. The molecule has 0 spiro atoms. The molecule has 0 atom stereocenters. The number of ether oxygens (including phenoxy) is 1. The molecule has 6 nitrogen and oxygen atoms in total. The molecule has 0 aliphatic heterocycles. The van der Waals surface area contributed by atoms with Crippen LogP contribution in [0.25, 0.3) is 11.0 Å². The van der Waals surface area contributed by atoms with Crippen LogP contribution in [0.2, 0.25) is 0 Å². The van der Waals surface area contributed by atoms with Crippen molar-refractivity contribution in [3.05, 3.63) is 53.8 Å². The van der Waals surface area contributed by atoms with E-state index in [0.717, 1.165) is 5.56 Å². The Labute approximate surface area is 139 Å². The van der Waals surface area contributed by atoms with Gasteiger partial charge in [0.1, 0.15) is 11.0 Å². The number of fused-ring (bicyclic) bond motifs is 1. The van der Waals surface area contributed by atoms with Gasteiger partial charge in [-0.2, -0.15) is 13.7 Å². The summed E-state index contributed by atoms with van der Waals surface area (Å²) in [6.07, 6.45) is 1.40. The van der Waals surface area contributed by atoms with Crippen molar-refractivity contribution in [3.8, 4) is 17.6 Å². The average molecular weight is 343 g/mol. The molecule has 1 heterocycles. The van der Waals surface area contributed by atoms with Crippen molar-refractivity contribution in [2.45, 2.75) is 11.8 Å². The summed E-state index contributed by atoms with van der Waals surface area (Å²) in [5.41, 5.74) is 1.28. The SMILES string of the molecule is COc1ccc(C)cc1OS(=O)(=O)c1cc(C#N)c2occc2c1. The predicted octanol–water partition coefficient (Wildman–Crippen LogP) is 3.39.